The monoisotopic (exact) mass is 172 g/mol. The lowest BCUT2D eigenvalue weighted by Crippen LogP contribution is -2.21. The fourth-order valence-corrected chi connectivity index (χ4v) is 2.40. The van der Waals surface area contributed by atoms with Crippen LogP contribution in [0.2, 0.25) is 0 Å². The van der Waals surface area contributed by atoms with E-state index in [4.69, 9.17) is 0 Å². The molecular weight excluding hydrogens is 156 g/mol. The molecule has 0 N–H and O–H groups in total. The first-order valence-electron chi connectivity index (χ1n) is 4.87. The molecule has 68 valence electrons. The summed E-state index contributed by atoms with van der Waals surface area (Å²) >= 11 is 0. The van der Waals surface area contributed by atoms with Crippen LogP contribution in [0.25, 0.3) is 0 Å². The Morgan fingerprint density at radius 1 is 1.38 bits per heavy atom. The van der Waals surface area contributed by atoms with Crippen LogP contribution >= 0.6 is 0 Å². The van der Waals surface area contributed by atoms with E-state index in [1.165, 1.54) is 11.1 Å². The summed E-state index contributed by atoms with van der Waals surface area (Å²) in [5.74, 6) is 0.602. The molecule has 0 fully saturated rings. The molecule has 0 nitrogen and oxygen atoms in total. The van der Waals surface area contributed by atoms with Crippen molar-refractivity contribution < 1.29 is 0 Å². The summed E-state index contributed by atoms with van der Waals surface area (Å²) < 4.78 is 0. The van der Waals surface area contributed by atoms with Crippen LogP contribution in [0.3, 0.4) is 0 Å². The Morgan fingerprint density at radius 2 is 2.08 bits per heavy atom. The van der Waals surface area contributed by atoms with Crippen LogP contribution in [0, 0.1) is 5.92 Å². The lowest BCUT2D eigenvalue weighted by molar-refractivity contribution is 0.419. The number of benzene rings is 1. The van der Waals surface area contributed by atoms with E-state index in [2.05, 4.69) is 50.8 Å². The van der Waals surface area contributed by atoms with E-state index >= 15 is 0 Å². The first-order valence-corrected chi connectivity index (χ1v) is 4.87. The highest BCUT2D eigenvalue weighted by Crippen LogP contribution is 2.43. The van der Waals surface area contributed by atoms with Gasteiger partial charge in [0.05, 0.1) is 0 Å². The number of rotatable bonds is 1. The van der Waals surface area contributed by atoms with Gasteiger partial charge in [-0.2, -0.15) is 0 Å². The Kier molecular flexibility index (Phi) is 1.80. The minimum Gasteiger partial charge on any atom is -0.103 e. The molecule has 1 aliphatic carbocycles. The summed E-state index contributed by atoms with van der Waals surface area (Å²) in [6, 6.07) is 8.74. The van der Waals surface area contributed by atoms with Crippen molar-refractivity contribution in [3.05, 3.63) is 48.0 Å². The molecule has 0 saturated heterocycles. The molecule has 1 aromatic rings. The van der Waals surface area contributed by atoms with Crippen molar-refractivity contribution in [3.63, 3.8) is 0 Å². The number of hydrogen-bond acceptors (Lipinski definition) is 0. The van der Waals surface area contributed by atoms with Crippen LogP contribution in [0.4, 0.5) is 0 Å². The van der Waals surface area contributed by atoms with Crippen molar-refractivity contribution in [2.45, 2.75) is 25.7 Å². The predicted octanol–water partition coefficient (Wildman–Crippen LogP) is 3.32. The zero-order chi connectivity index (χ0) is 9.47. The average Bonchev–Trinajstić information content (AvgIpc) is 2.39. The van der Waals surface area contributed by atoms with Gasteiger partial charge in [0.1, 0.15) is 0 Å². The molecule has 0 aromatic heterocycles. The minimum atomic E-state index is 0.276. The zero-order valence-electron chi connectivity index (χ0n) is 8.38. The Bertz CT molecular complexity index is 334. The lowest BCUT2D eigenvalue weighted by atomic mass is 9.79. The normalized spacial score (nSPS) is 24.0. The topological polar surface area (TPSA) is 0 Å². The van der Waals surface area contributed by atoms with Crippen LogP contribution in [-0.2, 0) is 11.8 Å². The second-order valence-electron chi connectivity index (χ2n) is 4.43. The molecule has 2 rings (SSSR count). The van der Waals surface area contributed by atoms with Gasteiger partial charge in [-0.1, -0.05) is 44.2 Å². The Labute approximate surface area is 80.3 Å². The van der Waals surface area contributed by atoms with Crippen LogP contribution in [0.15, 0.2) is 36.9 Å². The molecule has 0 radical (unpaired) electrons. The maximum absolute atomic E-state index is 3.92. The van der Waals surface area contributed by atoms with Gasteiger partial charge in [-0.05, 0) is 28.9 Å². The molecule has 0 amide bonds. The summed E-state index contributed by atoms with van der Waals surface area (Å²) in [7, 11) is 0. The van der Waals surface area contributed by atoms with Gasteiger partial charge >= 0.3 is 0 Å². The van der Waals surface area contributed by atoms with Crippen LogP contribution in [0.1, 0.15) is 25.0 Å². The highest BCUT2D eigenvalue weighted by Gasteiger charge is 2.36. The molecule has 1 aromatic carbocycles. The van der Waals surface area contributed by atoms with Gasteiger partial charge in [-0.3, -0.25) is 0 Å². The Balaban J connectivity index is 2.53. The van der Waals surface area contributed by atoms with Crippen molar-refractivity contribution in [2.24, 2.45) is 5.92 Å². The Hall–Kier alpha value is -1.04. The molecule has 0 aliphatic heterocycles. The van der Waals surface area contributed by atoms with Gasteiger partial charge < -0.3 is 0 Å². The highest BCUT2D eigenvalue weighted by molar-refractivity contribution is 5.40. The second-order valence-corrected chi connectivity index (χ2v) is 4.43. The summed E-state index contributed by atoms with van der Waals surface area (Å²) in [4.78, 5) is 0. The van der Waals surface area contributed by atoms with Crippen molar-refractivity contribution in [1.82, 2.24) is 0 Å². The van der Waals surface area contributed by atoms with Crippen LogP contribution in [-0.4, -0.2) is 0 Å². The lowest BCUT2D eigenvalue weighted by Gasteiger charge is -2.25. The third-order valence-electron chi connectivity index (χ3n) is 3.36. The van der Waals surface area contributed by atoms with Gasteiger partial charge in [-0.25, -0.2) is 0 Å². The van der Waals surface area contributed by atoms with Gasteiger partial charge in [0.25, 0.3) is 0 Å². The van der Waals surface area contributed by atoms with Crippen molar-refractivity contribution >= 4 is 0 Å². The number of allylic oxidation sites excluding steroid dienone is 1. The first-order chi connectivity index (χ1) is 6.16. The van der Waals surface area contributed by atoms with Crippen molar-refractivity contribution in [3.8, 4) is 0 Å². The van der Waals surface area contributed by atoms with E-state index in [0.29, 0.717) is 5.92 Å². The van der Waals surface area contributed by atoms with E-state index in [-0.39, 0.29) is 5.41 Å². The van der Waals surface area contributed by atoms with Gasteiger partial charge in [-0.15, -0.1) is 6.58 Å². The van der Waals surface area contributed by atoms with E-state index in [0.717, 1.165) is 6.42 Å². The quantitative estimate of drug-likeness (QED) is 0.570. The molecule has 1 atom stereocenters. The van der Waals surface area contributed by atoms with Crippen molar-refractivity contribution in [1.29, 1.82) is 0 Å². The van der Waals surface area contributed by atoms with E-state index in [1.807, 2.05) is 0 Å². The molecule has 0 bridgehead atoms. The smallest absolute Gasteiger partial charge is 0.00350 e. The Morgan fingerprint density at radius 3 is 2.69 bits per heavy atom. The fraction of sp³-hybridized carbons (Fsp3) is 0.385. The SMILES string of the molecule is C=CC1Cc2ccccc2C1(C)C. The van der Waals surface area contributed by atoms with Crippen LogP contribution < -0.4 is 0 Å². The van der Waals surface area contributed by atoms with Crippen molar-refractivity contribution in [2.75, 3.05) is 0 Å². The van der Waals surface area contributed by atoms with Gasteiger partial charge in [0, 0.05) is 0 Å². The molecule has 0 saturated carbocycles. The fourth-order valence-electron chi connectivity index (χ4n) is 2.40. The molecule has 0 heteroatoms. The van der Waals surface area contributed by atoms with Gasteiger partial charge in [0.2, 0.25) is 0 Å². The summed E-state index contributed by atoms with van der Waals surface area (Å²) in [6.45, 7) is 8.54. The summed E-state index contributed by atoms with van der Waals surface area (Å²) in [5, 5.41) is 0. The minimum absolute atomic E-state index is 0.276. The number of hydrogen-bond donors (Lipinski definition) is 0. The molecule has 1 aliphatic rings. The standard InChI is InChI=1S/C13H16/c1-4-11-9-10-7-5-6-8-12(10)13(11,2)3/h4-8,11H,1,9H2,2-3H3. The first kappa shape index (κ1) is 8.55. The summed E-state index contributed by atoms with van der Waals surface area (Å²) in [5.41, 5.74) is 3.27. The molecular formula is C13H16. The highest BCUT2D eigenvalue weighted by atomic mass is 14.4. The molecule has 0 heterocycles. The largest absolute Gasteiger partial charge is 0.103 e. The zero-order valence-corrected chi connectivity index (χ0v) is 8.38. The maximum Gasteiger partial charge on any atom is -0.00350 e. The van der Waals surface area contributed by atoms with E-state index in [1.54, 1.807) is 0 Å². The molecule has 13 heavy (non-hydrogen) atoms. The maximum atomic E-state index is 3.92. The third kappa shape index (κ3) is 1.13. The van der Waals surface area contributed by atoms with E-state index < -0.39 is 0 Å². The molecule has 1 unspecified atom stereocenters. The molecule has 0 spiro atoms. The van der Waals surface area contributed by atoms with E-state index in [9.17, 15) is 0 Å². The summed E-state index contributed by atoms with van der Waals surface area (Å²) in [6.07, 6.45) is 3.26. The van der Waals surface area contributed by atoms with Gasteiger partial charge in [0.15, 0.2) is 0 Å². The van der Waals surface area contributed by atoms with Crippen LogP contribution in [0.5, 0.6) is 0 Å². The average molecular weight is 172 g/mol. The third-order valence-corrected chi connectivity index (χ3v) is 3.36. The second kappa shape index (κ2) is 2.73. The predicted molar refractivity (Wildman–Crippen MR) is 56.9 cm³/mol. The number of fused-ring (bicyclic) bond motifs is 1.